The first-order valence-corrected chi connectivity index (χ1v) is 8.24. The molecule has 0 radical (unpaired) electrons. The van der Waals surface area contributed by atoms with Crippen LogP contribution >= 0.6 is 11.6 Å². The highest BCUT2D eigenvalue weighted by Crippen LogP contribution is 2.32. The Bertz CT molecular complexity index is 1060. The molecule has 10 heteroatoms. The van der Waals surface area contributed by atoms with E-state index in [4.69, 9.17) is 20.9 Å². The Balaban J connectivity index is 1.64. The summed E-state index contributed by atoms with van der Waals surface area (Å²) in [5.74, 6) is 0.795. The lowest BCUT2D eigenvalue weighted by Gasteiger charge is -2.00. The molecule has 0 saturated carbocycles. The zero-order chi connectivity index (χ0) is 20.1. The molecule has 0 aliphatic carbocycles. The summed E-state index contributed by atoms with van der Waals surface area (Å²) in [6, 6.07) is 13.4. The van der Waals surface area contributed by atoms with Gasteiger partial charge in [0.15, 0.2) is 0 Å². The Kier molecular flexibility index (Phi) is 5.66. The molecule has 0 aliphatic heterocycles. The standard InChI is InChI=1S/C18H12ClN3O6/c19-17-9-14(22(25)26)4-6-16(17)18-7-5-15(28-18)10-20-27-11-12-2-1-3-13(8-12)21(23)24/h1-10H,11H2/b20-10-. The van der Waals surface area contributed by atoms with Gasteiger partial charge in [-0.15, -0.1) is 0 Å². The molecule has 1 aromatic heterocycles. The summed E-state index contributed by atoms with van der Waals surface area (Å²) in [6.45, 7) is 0.0555. The van der Waals surface area contributed by atoms with Crippen LogP contribution in [0.1, 0.15) is 11.3 Å². The molecule has 9 nitrogen and oxygen atoms in total. The van der Waals surface area contributed by atoms with Crippen LogP contribution in [0.4, 0.5) is 11.4 Å². The summed E-state index contributed by atoms with van der Waals surface area (Å²) in [4.78, 5) is 25.6. The average Bonchev–Trinajstić information content (AvgIpc) is 3.14. The third-order valence-corrected chi connectivity index (χ3v) is 3.98. The van der Waals surface area contributed by atoms with Gasteiger partial charge in [0.1, 0.15) is 24.3 Å². The summed E-state index contributed by atoms with van der Waals surface area (Å²) < 4.78 is 5.58. The number of nitrogens with zero attached hydrogens (tertiary/aromatic N) is 3. The van der Waals surface area contributed by atoms with Gasteiger partial charge in [-0.05, 0) is 23.8 Å². The molecule has 3 rings (SSSR count). The number of benzene rings is 2. The van der Waals surface area contributed by atoms with Crippen molar-refractivity contribution in [1.29, 1.82) is 0 Å². The highest BCUT2D eigenvalue weighted by molar-refractivity contribution is 6.33. The lowest BCUT2D eigenvalue weighted by atomic mass is 10.1. The van der Waals surface area contributed by atoms with E-state index in [-0.39, 0.29) is 23.0 Å². The fourth-order valence-electron chi connectivity index (χ4n) is 2.35. The van der Waals surface area contributed by atoms with Crippen molar-refractivity contribution in [3.8, 4) is 11.3 Å². The van der Waals surface area contributed by atoms with E-state index in [9.17, 15) is 20.2 Å². The molecule has 28 heavy (non-hydrogen) atoms. The van der Waals surface area contributed by atoms with Gasteiger partial charge >= 0.3 is 0 Å². The predicted molar refractivity (Wildman–Crippen MR) is 101 cm³/mol. The van der Waals surface area contributed by atoms with E-state index in [1.165, 1.54) is 36.5 Å². The number of nitro benzene ring substituents is 2. The number of hydrogen-bond acceptors (Lipinski definition) is 7. The summed E-state index contributed by atoms with van der Waals surface area (Å²) >= 11 is 6.08. The number of oxime groups is 1. The van der Waals surface area contributed by atoms with Gasteiger partial charge in [0, 0.05) is 29.8 Å². The lowest BCUT2D eigenvalue weighted by molar-refractivity contribution is -0.385. The highest BCUT2D eigenvalue weighted by atomic mass is 35.5. The minimum absolute atomic E-state index is 0.0271. The fraction of sp³-hybridized carbons (Fsp3) is 0.0556. The van der Waals surface area contributed by atoms with Gasteiger partial charge in [-0.1, -0.05) is 28.9 Å². The van der Waals surface area contributed by atoms with Crippen LogP contribution in [-0.2, 0) is 11.4 Å². The molecule has 0 fully saturated rings. The van der Waals surface area contributed by atoms with E-state index in [1.54, 1.807) is 24.3 Å². The summed E-state index contributed by atoms with van der Waals surface area (Å²) in [5, 5.41) is 25.5. The van der Waals surface area contributed by atoms with Crippen LogP contribution in [0.2, 0.25) is 5.02 Å². The number of non-ortho nitro benzene ring substituents is 2. The van der Waals surface area contributed by atoms with Crippen LogP contribution in [0.5, 0.6) is 0 Å². The van der Waals surface area contributed by atoms with Crippen LogP contribution in [0.3, 0.4) is 0 Å². The molecule has 0 amide bonds. The maximum Gasteiger partial charge on any atom is 0.270 e. The lowest BCUT2D eigenvalue weighted by Crippen LogP contribution is -1.92. The van der Waals surface area contributed by atoms with Crippen molar-refractivity contribution in [3.05, 3.63) is 91.2 Å². The molecule has 0 aliphatic rings. The third kappa shape index (κ3) is 4.51. The normalized spacial score (nSPS) is 10.9. The molecule has 1 heterocycles. The molecular formula is C18H12ClN3O6. The Labute approximate surface area is 163 Å². The van der Waals surface area contributed by atoms with Crippen LogP contribution < -0.4 is 0 Å². The van der Waals surface area contributed by atoms with E-state index in [0.29, 0.717) is 22.6 Å². The molecule has 3 aromatic rings. The van der Waals surface area contributed by atoms with E-state index < -0.39 is 9.85 Å². The van der Waals surface area contributed by atoms with E-state index >= 15 is 0 Å². The summed E-state index contributed by atoms with van der Waals surface area (Å²) in [7, 11) is 0. The van der Waals surface area contributed by atoms with E-state index in [1.807, 2.05) is 0 Å². The van der Waals surface area contributed by atoms with Crippen LogP contribution in [0.25, 0.3) is 11.3 Å². The fourth-order valence-corrected chi connectivity index (χ4v) is 2.61. The molecular weight excluding hydrogens is 390 g/mol. The Morgan fingerprint density at radius 1 is 1.04 bits per heavy atom. The summed E-state index contributed by atoms with van der Waals surface area (Å²) in [5.41, 5.74) is 0.964. The topological polar surface area (TPSA) is 121 Å². The number of rotatable bonds is 7. The van der Waals surface area contributed by atoms with Crippen LogP contribution in [-0.4, -0.2) is 16.1 Å². The van der Waals surface area contributed by atoms with Crippen molar-refractivity contribution in [2.24, 2.45) is 5.16 Å². The highest BCUT2D eigenvalue weighted by Gasteiger charge is 2.13. The predicted octanol–water partition coefficient (Wildman–Crippen LogP) is 4.97. The third-order valence-electron chi connectivity index (χ3n) is 3.66. The molecule has 0 unspecified atom stereocenters. The minimum atomic E-state index is -0.533. The Morgan fingerprint density at radius 3 is 2.50 bits per heavy atom. The van der Waals surface area contributed by atoms with Crippen molar-refractivity contribution in [2.75, 3.05) is 0 Å². The zero-order valence-corrected chi connectivity index (χ0v) is 14.9. The van der Waals surface area contributed by atoms with Crippen molar-refractivity contribution in [2.45, 2.75) is 6.61 Å². The van der Waals surface area contributed by atoms with Gasteiger partial charge in [0.25, 0.3) is 11.4 Å². The van der Waals surface area contributed by atoms with Crippen molar-refractivity contribution in [1.82, 2.24) is 0 Å². The quantitative estimate of drug-likeness (QED) is 0.313. The second-order valence-electron chi connectivity index (χ2n) is 5.56. The molecule has 0 bridgehead atoms. The smallest absolute Gasteiger partial charge is 0.270 e. The second kappa shape index (κ2) is 8.31. The monoisotopic (exact) mass is 401 g/mol. The van der Waals surface area contributed by atoms with Gasteiger partial charge in [0.05, 0.1) is 14.9 Å². The molecule has 142 valence electrons. The number of halogens is 1. The zero-order valence-electron chi connectivity index (χ0n) is 14.1. The molecule has 0 spiro atoms. The first-order chi connectivity index (χ1) is 13.4. The van der Waals surface area contributed by atoms with Crippen molar-refractivity contribution >= 4 is 29.2 Å². The second-order valence-corrected chi connectivity index (χ2v) is 5.97. The SMILES string of the molecule is O=[N+]([O-])c1cccc(CO/N=C\c2ccc(-c3ccc([N+](=O)[O-])cc3Cl)o2)c1. The van der Waals surface area contributed by atoms with Crippen LogP contribution in [0.15, 0.2) is 64.2 Å². The van der Waals surface area contributed by atoms with Gasteiger partial charge < -0.3 is 9.25 Å². The molecule has 0 atom stereocenters. The number of furan rings is 1. The van der Waals surface area contributed by atoms with Gasteiger partial charge in [-0.25, -0.2) is 0 Å². The molecule has 0 N–H and O–H groups in total. The number of hydrogen-bond donors (Lipinski definition) is 0. The molecule has 2 aromatic carbocycles. The minimum Gasteiger partial charge on any atom is -0.455 e. The first-order valence-electron chi connectivity index (χ1n) is 7.87. The van der Waals surface area contributed by atoms with Gasteiger partial charge in [0.2, 0.25) is 0 Å². The van der Waals surface area contributed by atoms with Crippen LogP contribution in [0, 0.1) is 20.2 Å². The van der Waals surface area contributed by atoms with Crippen molar-refractivity contribution in [3.63, 3.8) is 0 Å². The van der Waals surface area contributed by atoms with E-state index in [0.717, 1.165) is 0 Å². The van der Waals surface area contributed by atoms with E-state index in [2.05, 4.69) is 5.16 Å². The number of nitro groups is 2. The van der Waals surface area contributed by atoms with Gasteiger partial charge in [-0.2, -0.15) is 0 Å². The Hall–Kier alpha value is -3.72. The molecule has 0 saturated heterocycles. The largest absolute Gasteiger partial charge is 0.455 e. The van der Waals surface area contributed by atoms with Gasteiger partial charge in [-0.3, -0.25) is 20.2 Å². The van der Waals surface area contributed by atoms with Crippen molar-refractivity contribution < 1.29 is 19.1 Å². The Morgan fingerprint density at radius 2 is 1.79 bits per heavy atom. The maximum absolute atomic E-state index is 10.8. The average molecular weight is 402 g/mol. The summed E-state index contributed by atoms with van der Waals surface area (Å²) in [6.07, 6.45) is 1.33. The first kappa shape index (κ1) is 19.1. The maximum atomic E-state index is 10.8.